The Bertz CT molecular complexity index is 666. The van der Waals surface area contributed by atoms with Crippen LogP contribution in [-0.4, -0.2) is 90.5 Å². The summed E-state index contributed by atoms with van der Waals surface area (Å²) in [5.74, 6) is 1.10. The Balaban J connectivity index is 1.34. The maximum atomic E-state index is 12.2. The molecule has 4 rings (SSSR count). The molecule has 1 aromatic rings. The van der Waals surface area contributed by atoms with Gasteiger partial charge in [0.15, 0.2) is 0 Å². The van der Waals surface area contributed by atoms with E-state index >= 15 is 0 Å². The van der Waals surface area contributed by atoms with Crippen molar-refractivity contribution in [3.63, 3.8) is 0 Å². The van der Waals surface area contributed by atoms with Gasteiger partial charge < -0.3 is 20.1 Å². The molecule has 3 aliphatic heterocycles. The summed E-state index contributed by atoms with van der Waals surface area (Å²) in [5, 5.41) is 0. The summed E-state index contributed by atoms with van der Waals surface area (Å²) in [6.45, 7) is 8.39. The lowest BCUT2D eigenvalue weighted by Gasteiger charge is -2.28. The van der Waals surface area contributed by atoms with Crippen LogP contribution in [0.1, 0.15) is 12.0 Å². The van der Waals surface area contributed by atoms with Gasteiger partial charge in [0.2, 0.25) is 5.95 Å². The number of morpholine rings is 1. The molecule has 142 valence electrons. The molecule has 0 unspecified atom stereocenters. The van der Waals surface area contributed by atoms with Crippen LogP contribution in [0.25, 0.3) is 0 Å². The molecule has 26 heavy (non-hydrogen) atoms. The summed E-state index contributed by atoms with van der Waals surface area (Å²) in [4.78, 5) is 27.2. The lowest BCUT2D eigenvalue weighted by Crippen LogP contribution is -2.41. The molecule has 0 spiro atoms. The van der Waals surface area contributed by atoms with Crippen molar-refractivity contribution in [3.05, 3.63) is 11.8 Å². The van der Waals surface area contributed by atoms with E-state index in [1.165, 1.54) is 0 Å². The summed E-state index contributed by atoms with van der Waals surface area (Å²) < 4.78 is 10.9. The quantitative estimate of drug-likeness (QED) is 0.788. The summed E-state index contributed by atoms with van der Waals surface area (Å²) in [6, 6.07) is 0.0540. The van der Waals surface area contributed by atoms with E-state index in [4.69, 9.17) is 15.2 Å². The Hall–Kier alpha value is -2.13. The van der Waals surface area contributed by atoms with Crippen LogP contribution in [0.15, 0.2) is 6.20 Å². The average Bonchev–Trinajstić information content (AvgIpc) is 3.17. The van der Waals surface area contributed by atoms with Crippen molar-refractivity contribution in [1.82, 2.24) is 19.8 Å². The fraction of sp³-hybridized carbons (Fsp3) is 0.706. The molecular formula is C17H26N6O3. The number of aromatic nitrogens is 2. The van der Waals surface area contributed by atoms with Gasteiger partial charge in [0.05, 0.1) is 25.8 Å². The zero-order valence-corrected chi connectivity index (χ0v) is 15.1. The summed E-state index contributed by atoms with van der Waals surface area (Å²) in [6.07, 6.45) is 2.34. The van der Waals surface area contributed by atoms with Gasteiger partial charge in [0.1, 0.15) is 11.9 Å². The van der Waals surface area contributed by atoms with Gasteiger partial charge in [-0.1, -0.05) is 0 Å². The number of hydrogen-bond donors (Lipinski definition) is 1. The summed E-state index contributed by atoms with van der Waals surface area (Å²) in [5.41, 5.74) is 6.77. The van der Waals surface area contributed by atoms with E-state index in [-0.39, 0.29) is 18.2 Å². The van der Waals surface area contributed by atoms with Crippen LogP contribution in [0.3, 0.4) is 0 Å². The largest absolute Gasteiger partial charge is 0.442 e. The van der Waals surface area contributed by atoms with Crippen LogP contribution in [0, 0.1) is 6.92 Å². The first-order valence-corrected chi connectivity index (χ1v) is 9.23. The highest BCUT2D eigenvalue weighted by atomic mass is 16.6. The summed E-state index contributed by atoms with van der Waals surface area (Å²) in [7, 11) is 0. The van der Waals surface area contributed by atoms with Crippen molar-refractivity contribution in [3.8, 4) is 0 Å². The van der Waals surface area contributed by atoms with Crippen LogP contribution < -0.4 is 10.6 Å². The Kier molecular flexibility index (Phi) is 4.82. The number of carbonyl (C=O) groups excluding carboxylic acids is 1. The molecule has 1 aromatic heterocycles. The van der Waals surface area contributed by atoms with Crippen molar-refractivity contribution in [2.24, 2.45) is 0 Å². The molecule has 3 aliphatic rings. The van der Waals surface area contributed by atoms with Crippen LogP contribution in [0.4, 0.5) is 16.6 Å². The molecule has 1 amide bonds. The molecule has 0 saturated carbocycles. The number of fused-ring (bicyclic) bond motifs is 1. The molecule has 4 heterocycles. The molecule has 2 atom stereocenters. The highest BCUT2D eigenvalue weighted by molar-refractivity contribution is 5.71. The van der Waals surface area contributed by atoms with Crippen LogP contribution in [0.5, 0.6) is 0 Å². The Labute approximate surface area is 153 Å². The van der Waals surface area contributed by atoms with Gasteiger partial charge in [-0.15, -0.1) is 0 Å². The molecule has 3 fully saturated rings. The molecule has 9 nitrogen and oxygen atoms in total. The Morgan fingerprint density at radius 2 is 2.08 bits per heavy atom. The van der Waals surface area contributed by atoms with Gasteiger partial charge in [-0.25, -0.2) is 9.78 Å². The van der Waals surface area contributed by atoms with Gasteiger partial charge in [0, 0.05) is 44.5 Å². The van der Waals surface area contributed by atoms with Gasteiger partial charge in [-0.3, -0.25) is 9.80 Å². The van der Waals surface area contributed by atoms with E-state index in [1.807, 2.05) is 16.7 Å². The lowest BCUT2D eigenvalue weighted by atomic mass is 10.2. The first kappa shape index (κ1) is 17.3. The third-order valence-electron chi connectivity index (χ3n) is 5.38. The maximum absolute atomic E-state index is 12.2. The highest BCUT2D eigenvalue weighted by Crippen LogP contribution is 2.29. The van der Waals surface area contributed by atoms with E-state index in [1.54, 1.807) is 6.20 Å². The second kappa shape index (κ2) is 7.24. The van der Waals surface area contributed by atoms with E-state index in [9.17, 15) is 4.79 Å². The Morgan fingerprint density at radius 3 is 2.85 bits per heavy atom. The molecular weight excluding hydrogens is 336 g/mol. The fourth-order valence-corrected chi connectivity index (χ4v) is 3.81. The zero-order chi connectivity index (χ0) is 18.1. The topological polar surface area (TPSA) is 97.1 Å². The predicted molar refractivity (Wildman–Crippen MR) is 96.0 cm³/mol. The predicted octanol–water partition coefficient (Wildman–Crippen LogP) is 0.0989. The van der Waals surface area contributed by atoms with E-state index in [2.05, 4.69) is 14.9 Å². The number of carbonyl (C=O) groups is 1. The number of hydrogen-bond acceptors (Lipinski definition) is 8. The smallest absolute Gasteiger partial charge is 0.410 e. The minimum Gasteiger partial charge on any atom is -0.442 e. The Morgan fingerprint density at radius 1 is 1.27 bits per heavy atom. The molecule has 0 radical (unpaired) electrons. The normalized spacial score (nSPS) is 26.3. The monoisotopic (exact) mass is 362 g/mol. The molecule has 0 bridgehead atoms. The van der Waals surface area contributed by atoms with E-state index in [0.717, 1.165) is 44.8 Å². The highest BCUT2D eigenvalue weighted by Gasteiger charge is 2.48. The minimum absolute atomic E-state index is 0.0540. The van der Waals surface area contributed by atoms with Gasteiger partial charge >= 0.3 is 6.09 Å². The molecule has 9 heteroatoms. The first-order chi connectivity index (χ1) is 12.6. The third-order valence-corrected chi connectivity index (χ3v) is 5.38. The van der Waals surface area contributed by atoms with Crippen molar-refractivity contribution in [2.75, 3.05) is 63.1 Å². The average molecular weight is 362 g/mol. The second-order valence-corrected chi connectivity index (χ2v) is 7.13. The molecule has 0 aliphatic carbocycles. The number of anilines is 2. The number of amides is 1. The van der Waals surface area contributed by atoms with Gasteiger partial charge in [-0.05, 0) is 13.3 Å². The molecule has 2 N–H and O–H groups in total. The molecule has 0 aromatic carbocycles. The van der Waals surface area contributed by atoms with Crippen molar-refractivity contribution in [1.29, 1.82) is 0 Å². The first-order valence-electron chi connectivity index (χ1n) is 9.23. The number of rotatable bonds is 5. The van der Waals surface area contributed by atoms with E-state index < -0.39 is 0 Å². The summed E-state index contributed by atoms with van der Waals surface area (Å²) >= 11 is 0. The number of nitrogen functional groups attached to an aromatic ring is 1. The van der Waals surface area contributed by atoms with E-state index in [0.29, 0.717) is 31.4 Å². The second-order valence-electron chi connectivity index (χ2n) is 7.13. The zero-order valence-electron chi connectivity index (χ0n) is 15.1. The van der Waals surface area contributed by atoms with Gasteiger partial charge in [0.25, 0.3) is 0 Å². The minimum atomic E-state index is -0.203. The number of nitrogens with zero attached hydrogens (tertiary/aromatic N) is 5. The van der Waals surface area contributed by atoms with Gasteiger partial charge in [-0.2, -0.15) is 4.98 Å². The number of ether oxygens (including phenoxy) is 2. The maximum Gasteiger partial charge on any atom is 0.410 e. The third kappa shape index (κ3) is 3.41. The van der Waals surface area contributed by atoms with Crippen LogP contribution in [0.2, 0.25) is 0 Å². The van der Waals surface area contributed by atoms with Crippen molar-refractivity contribution < 1.29 is 14.3 Å². The molecule has 3 saturated heterocycles. The van der Waals surface area contributed by atoms with Crippen molar-refractivity contribution >= 4 is 17.9 Å². The fourth-order valence-electron chi connectivity index (χ4n) is 3.81. The van der Waals surface area contributed by atoms with Crippen molar-refractivity contribution in [2.45, 2.75) is 25.5 Å². The number of nitrogens with two attached hydrogens (primary N) is 1. The lowest BCUT2D eigenvalue weighted by molar-refractivity contribution is 0.0363. The van der Waals surface area contributed by atoms with Crippen LogP contribution >= 0.6 is 0 Å². The van der Waals surface area contributed by atoms with Crippen LogP contribution in [-0.2, 0) is 9.47 Å². The SMILES string of the molecule is Cc1cnc(N2C[C@@H]3OC(=O)N(CCCN4CCOCC4)[C@@H]3C2)nc1N. The standard InChI is InChI=1S/C17H26N6O3/c1-12-9-19-16(20-15(12)18)22-10-13-14(11-22)26-17(24)23(13)4-2-3-21-5-7-25-8-6-21/h9,13-14H,2-8,10-11H2,1H3,(H2,18,19,20)/t13-,14+/m1/s1. The number of aryl methyl sites for hydroxylation is 1.